The van der Waals surface area contributed by atoms with E-state index in [1.54, 1.807) is 6.07 Å². The van der Waals surface area contributed by atoms with Gasteiger partial charge in [-0.15, -0.1) is 0 Å². The summed E-state index contributed by atoms with van der Waals surface area (Å²) in [4.78, 5) is 18.4. The molecule has 13 heavy (non-hydrogen) atoms. The third-order valence-corrected chi connectivity index (χ3v) is 1.67. The van der Waals surface area contributed by atoms with Gasteiger partial charge in [0.05, 0.1) is 22.8 Å². The molecular formula is C9H5N2O2. The molecular weight excluding hydrogens is 168 g/mol. The molecule has 0 fully saturated rings. The predicted octanol–water partition coefficient (Wildman–Crippen LogP) is 1.13. The van der Waals surface area contributed by atoms with Gasteiger partial charge in [0, 0.05) is 0 Å². The van der Waals surface area contributed by atoms with Gasteiger partial charge in [0.25, 0.3) is 0 Å². The second kappa shape index (κ2) is 2.82. The topological polar surface area (TPSA) is 63.1 Å². The smallest absolute Gasteiger partial charge is 0.335 e. The van der Waals surface area contributed by atoms with Gasteiger partial charge in [-0.2, -0.15) is 0 Å². The number of nitrogens with zero attached hydrogens (tertiary/aromatic N) is 2. The van der Waals surface area contributed by atoms with Crippen molar-refractivity contribution >= 4 is 17.0 Å². The molecule has 0 saturated carbocycles. The highest BCUT2D eigenvalue weighted by molar-refractivity contribution is 5.91. The molecule has 0 saturated heterocycles. The van der Waals surface area contributed by atoms with E-state index in [0.717, 1.165) is 0 Å². The molecule has 0 spiro atoms. The van der Waals surface area contributed by atoms with E-state index in [4.69, 9.17) is 5.11 Å². The van der Waals surface area contributed by atoms with Crippen molar-refractivity contribution in [2.75, 3.05) is 0 Å². The molecule has 1 radical (unpaired) electrons. The first-order chi connectivity index (χ1) is 6.27. The first kappa shape index (κ1) is 7.67. The molecule has 2 rings (SSSR count). The number of carboxylic acids is 1. The molecule has 1 N–H and O–H groups in total. The second-order valence-corrected chi connectivity index (χ2v) is 2.51. The summed E-state index contributed by atoms with van der Waals surface area (Å²) in [5.41, 5.74) is 1.42. The summed E-state index contributed by atoms with van der Waals surface area (Å²) in [7, 11) is 0. The van der Waals surface area contributed by atoms with Gasteiger partial charge in [-0.25, -0.2) is 9.78 Å². The largest absolute Gasteiger partial charge is 0.478 e. The molecule has 1 aromatic carbocycles. The number of aromatic nitrogens is 2. The van der Waals surface area contributed by atoms with Gasteiger partial charge in [-0.1, -0.05) is 0 Å². The van der Waals surface area contributed by atoms with Crippen LogP contribution in [0.5, 0.6) is 0 Å². The van der Waals surface area contributed by atoms with Crippen LogP contribution in [-0.4, -0.2) is 21.0 Å². The van der Waals surface area contributed by atoms with E-state index < -0.39 is 5.97 Å². The van der Waals surface area contributed by atoms with E-state index in [1.807, 2.05) is 0 Å². The zero-order chi connectivity index (χ0) is 9.26. The quantitative estimate of drug-likeness (QED) is 0.702. The highest BCUT2D eigenvalue weighted by Crippen LogP contribution is 2.10. The fourth-order valence-corrected chi connectivity index (χ4v) is 1.05. The molecule has 0 aliphatic heterocycles. The number of aromatic carboxylic acids is 1. The minimum Gasteiger partial charge on any atom is -0.478 e. The summed E-state index contributed by atoms with van der Waals surface area (Å²) in [6, 6.07) is 4.60. The number of hydrogen-bond donors (Lipinski definition) is 1. The molecule has 4 nitrogen and oxygen atoms in total. The van der Waals surface area contributed by atoms with Crippen LogP contribution in [0.2, 0.25) is 0 Å². The SMILES string of the molecule is O=C(O)c1ccc2nc[c]nc2c1. The fraction of sp³-hybridized carbons (Fsp3) is 0. The Morgan fingerprint density at radius 2 is 2.23 bits per heavy atom. The van der Waals surface area contributed by atoms with E-state index in [-0.39, 0.29) is 5.56 Å². The Balaban J connectivity index is 2.69. The number of rotatable bonds is 1. The Kier molecular flexibility index (Phi) is 1.66. The van der Waals surface area contributed by atoms with Crippen molar-refractivity contribution < 1.29 is 9.90 Å². The maximum absolute atomic E-state index is 10.6. The van der Waals surface area contributed by atoms with Crippen LogP contribution in [0, 0.1) is 6.20 Å². The molecule has 0 aliphatic rings. The molecule has 1 aromatic heterocycles. The van der Waals surface area contributed by atoms with Crippen molar-refractivity contribution in [3.8, 4) is 0 Å². The zero-order valence-corrected chi connectivity index (χ0v) is 6.56. The third-order valence-electron chi connectivity index (χ3n) is 1.67. The van der Waals surface area contributed by atoms with Crippen LogP contribution in [0.3, 0.4) is 0 Å². The Morgan fingerprint density at radius 3 is 3.00 bits per heavy atom. The highest BCUT2D eigenvalue weighted by Gasteiger charge is 2.03. The minimum absolute atomic E-state index is 0.210. The summed E-state index contributed by atoms with van der Waals surface area (Å²) >= 11 is 0. The second-order valence-electron chi connectivity index (χ2n) is 2.51. The Morgan fingerprint density at radius 1 is 1.38 bits per heavy atom. The maximum atomic E-state index is 10.6. The van der Waals surface area contributed by atoms with Crippen LogP contribution in [-0.2, 0) is 0 Å². The lowest BCUT2D eigenvalue weighted by Gasteiger charge is -1.96. The number of hydrogen-bond acceptors (Lipinski definition) is 3. The Labute approximate surface area is 73.9 Å². The molecule has 0 amide bonds. The van der Waals surface area contributed by atoms with E-state index in [2.05, 4.69) is 16.2 Å². The monoisotopic (exact) mass is 173 g/mol. The molecule has 1 heterocycles. The Hall–Kier alpha value is -1.97. The average Bonchev–Trinajstić information content (AvgIpc) is 2.17. The van der Waals surface area contributed by atoms with Gasteiger partial charge < -0.3 is 5.11 Å². The van der Waals surface area contributed by atoms with E-state index in [0.29, 0.717) is 11.0 Å². The van der Waals surface area contributed by atoms with Crippen molar-refractivity contribution in [1.29, 1.82) is 0 Å². The first-order valence-corrected chi connectivity index (χ1v) is 3.63. The van der Waals surface area contributed by atoms with E-state index in [1.165, 1.54) is 18.3 Å². The van der Waals surface area contributed by atoms with Gasteiger partial charge in [0.1, 0.15) is 6.20 Å². The standard InChI is InChI=1S/C9H5N2O2/c12-9(13)6-1-2-7-8(5-6)11-4-3-10-7/h1-3,5H,(H,12,13). The van der Waals surface area contributed by atoms with Crippen LogP contribution in [0.4, 0.5) is 0 Å². The molecule has 0 bridgehead atoms. The van der Waals surface area contributed by atoms with Gasteiger partial charge >= 0.3 is 5.97 Å². The third kappa shape index (κ3) is 1.33. The van der Waals surface area contributed by atoms with Gasteiger partial charge in [-0.3, -0.25) is 4.98 Å². The molecule has 0 unspecified atom stereocenters. The molecule has 4 heteroatoms. The summed E-state index contributed by atoms with van der Waals surface area (Å²) in [5, 5.41) is 8.69. The zero-order valence-electron chi connectivity index (χ0n) is 6.56. The number of benzene rings is 1. The highest BCUT2D eigenvalue weighted by atomic mass is 16.4. The summed E-state index contributed by atoms with van der Waals surface area (Å²) in [6.07, 6.45) is 3.99. The summed E-state index contributed by atoms with van der Waals surface area (Å²) in [6.45, 7) is 0. The van der Waals surface area contributed by atoms with Gasteiger partial charge in [-0.05, 0) is 18.2 Å². The van der Waals surface area contributed by atoms with Crippen LogP contribution in [0.1, 0.15) is 10.4 Å². The number of fused-ring (bicyclic) bond motifs is 1. The summed E-state index contributed by atoms with van der Waals surface area (Å²) < 4.78 is 0. The van der Waals surface area contributed by atoms with Crippen LogP contribution in [0.15, 0.2) is 24.4 Å². The number of carboxylic acid groups (broad SMARTS) is 1. The van der Waals surface area contributed by atoms with Gasteiger partial charge in [0.2, 0.25) is 0 Å². The van der Waals surface area contributed by atoms with Crippen LogP contribution >= 0.6 is 0 Å². The number of carbonyl (C=O) groups is 1. The minimum atomic E-state index is -0.965. The first-order valence-electron chi connectivity index (χ1n) is 3.63. The van der Waals surface area contributed by atoms with Crippen molar-refractivity contribution in [1.82, 2.24) is 9.97 Å². The summed E-state index contributed by atoms with van der Waals surface area (Å²) in [5.74, 6) is -0.965. The normalized spacial score (nSPS) is 10.2. The van der Waals surface area contributed by atoms with Gasteiger partial charge in [0.15, 0.2) is 0 Å². The lowest BCUT2D eigenvalue weighted by atomic mass is 10.2. The lowest BCUT2D eigenvalue weighted by molar-refractivity contribution is 0.0697. The van der Waals surface area contributed by atoms with Crippen molar-refractivity contribution in [2.24, 2.45) is 0 Å². The van der Waals surface area contributed by atoms with Crippen LogP contribution < -0.4 is 0 Å². The van der Waals surface area contributed by atoms with Crippen molar-refractivity contribution in [3.63, 3.8) is 0 Å². The van der Waals surface area contributed by atoms with Crippen molar-refractivity contribution in [3.05, 3.63) is 36.2 Å². The average molecular weight is 173 g/mol. The lowest BCUT2D eigenvalue weighted by Crippen LogP contribution is -1.96. The molecule has 2 aromatic rings. The molecule has 0 aliphatic carbocycles. The van der Waals surface area contributed by atoms with Crippen LogP contribution in [0.25, 0.3) is 11.0 Å². The predicted molar refractivity (Wildman–Crippen MR) is 45.3 cm³/mol. The van der Waals surface area contributed by atoms with Crippen molar-refractivity contribution in [2.45, 2.75) is 0 Å². The maximum Gasteiger partial charge on any atom is 0.335 e. The van der Waals surface area contributed by atoms with E-state index >= 15 is 0 Å². The van der Waals surface area contributed by atoms with E-state index in [9.17, 15) is 4.79 Å². The Bertz CT molecular complexity index is 468. The molecule has 63 valence electrons. The molecule has 0 atom stereocenters. The fourth-order valence-electron chi connectivity index (χ4n) is 1.05.